The molecule has 3 nitrogen and oxygen atoms in total. The van der Waals surface area contributed by atoms with Crippen molar-refractivity contribution >= 4 is 0 Å². The van der Waals surface area contributed by atoms with Gasteiger partial charge in [0.25, 0.3) is 0 Å². The summed E-state index contributed by atoms with van der Waals surface area (Å²) in [4.78, 5) is 2.17. The highest BCUT2D eigenvalue weighted by atomic mass is 16.5. The third-order valence-electron chi connectivity index (χ3n) is 1.71. The van der Waals surface area contributed by atoms with Gasteiger partial charge in [-0.3, -0.25) is 0 Å². The largest absolute Gasteiger partial charge is 0.376 e. The Bertz CT molecular complexity index is 132. The monoisotopic (exact) mass is 199 g/mol. The maximum atomic E-state index is 5.26. The number of nitrogens with zero attached hydrogens (tertiary/aromatic N) is 1. The van der Waals surface area contributed by atoms with Crippen LogP contribution in [0.15, 0.2) is 25.3 Å². The van der Waals surface area contributed by atoms with Gasteiger partial charge in [0.2, 0.25) is 0 Å². The second-order valence-electron chi connectivity index (χ2n) is 3.03. The van der Waals surface area contributed by atoms with E-state index in [-0.39, 0.29) is 0 Å². The number of rotatable bonds is 10. The van der Waals surface area contributed by atoms with E-state index in [0.717, 1.165) is 26.3 Å². The lowest BCUT2D eigenvalue weighted by molar-refractivity contribution is 0.104. The van der Waals surface area contributed by atoms with Gasteiger partial charge < -0.3 is 14.4 Å². The highest BCUT2D eigenvalue weighted by Gasteiger charge is 1.96. The summed E-state index contributed by atoms with van der Waals surface area (Å²) in [5.41, 5.74) is 0. The fourth-order valence-electron chi connectivity index (χ4n) is 0.886. The summed E-state index contributed by atoms with van der Waals surface area (Å²) in [5.74, 6) is 0. The van der Waals surface area contributed by atoms with E-state index >= 15 is 0 Å². The summed E-state index contributed by atoms with van der Waals surface area (Å²) >= 11 is 0. The lowest BCUT2D eigenvalue weighted by Crippen LogP contribution is -2.27. The Hall–Kier alpha value is -0.640. The molecule has 0 spiro atoms. The van der Waals surface area contributed by atoms with Crippen molar-refractivity contribution in [2.75, 3.05) is 46.6 Å². The molecule has 0 bridgehead atoms. The van der Waals surface area contributed by atoms with E-state index in [2.05, 4.69) is 25.1 Å². The number of hydrogen-bond acceptors (Lipinski definition) is 3. The maximum Gasteiger partial charge on any atom is 0.0645 e. The predicted molar refractivity (Wildman–Crippen MR) is 59.5 cm³/mol. The van der Waals surface area contributed by atoms with Gasteiger partial charge in [0, 0.05) is 13.1 Å². The van der Waals surface area contributed by atoms with Crippen LogP contribution < -0.4 is 0 Å². The van der Waals surface area contributed by atoms with Crippen LogP contribution in [0.25, 0.3) is 0 Å². The Morgan fingerprint density at radius 2 is 1.43 bits per heavy atom. The molecule has 0 aromatic carbocycles. The van der Waals surface area contributed by atoms with Crippen molar-refractivity contribution in [3.8, 4) is 0 Å². The lowest BCUT2D eigenvalue weighted by Gasteiger charge is -2.15. The van der Waals surface area contributed by atoms with Gasteiger partial charge >= 0.3 is 0 Å². The van der Waals surface area contributed by atoms with E-state index < -0.39 is 0 Å². The molecule has 0 aromatic rings. The number of likely N-dealkylation sites (N-methyl/N-ethyl adjacent to an activating group) is 1. The van der Waals surface area contributed by atoms with Gasteiger partial charge in [0.1, 0.15) is 0 Å². The van der Waals surface area contributed by atoms with Crippen molar-refractivity contribution in [1.82, 2.24) is 4.90 Å². The van der Waals surface area contributed by atoms with Crippen LogP contribution in [0.5, 0.6) is 0 Å². The quantitative estimate of drug-likeness (QED) is 0.391. The summed E-state index contributed by atoms with van der Waals surface area (Å²) in [7, 11) is 2.05. The van der Waals surface area contributed by atoms with Gasteiger partial charge in [0.15, 0.2) is 0 Å². The third kappa shape index (κ3) is 9.45. The molecule has 0 radical (unpaired) electrons. The first kappa shape index (κ1) is 13.4. The fraction of sp³-hybridized carbons (Fsp3) is 0.636. The van der Waals surface area contributed by atoms with E-state index in [0.29, 0.717) is 13.2 Å². The van der Waals surface area contributed by atoms with Crippen LogP contribution in [-0.4, -0.2) is 51.5 Å². The van der Waals surface area contributed by atoms with E-state index in [1.54, 1.807) is 12.2 Å². The van der Waals surface area contributed by atoms with Crippen LogP contribution in [-0.2, 0) is 9.47 Å². The third-order valence-corrected chi connectivity index (χ3v) is 1.71. The number of hydrogen-bond donors (Lipinski definition) is 0. The molecular formula is C11H21NO2. The van der Waals surface area contributed by atoms with Crippen molar-refractivity contribution in [2.24, 2.45) is 0 Å². The fourth-order valence-corrected chi connectivity index (χ4v) is 0.886. The standard InChI is InChI=1S/C11H21NO2/c1-4-8-13-10-6-12(3)7-11-14-9-5-2/h4-5H,1-2,6-11H2,3H3. The zero-order chi connectivity index (χ0) is 10.6. The van der Waals surface area contributed by atoms with E-state index in [1.807, 2.05) is 0 Å². The minimum atomic E-state index is 0.626. The van der Waals surface area contributed by atoms with Crippen molar-refractivity contribution < 1.29 is 9.47 Å². The Labute approximate surface area is 87.0 Å². The molecule has 0 unspecified atom stereocenters. The second kappa shape index (κ2) is 10.4. The zero-order valence-electron chi connectivity index (χ0n) is 9.08. The van der Waals surface area contributed by atoms with Crippen molar-refractivity contribution in [1.29, 1.82) is 0 Å². The minimum absolute atomic E-state index is 0.626. The van der Waals surface area contributed by atoms with Crippen LogP contribution in [0.4, 0.5) is 0 Å². The Morgan fingerprint density at radius 1 is 1.00 bits per heavy atom. The molecule has 0 aliphatic heterocycles. The van der Waals surface area contributed by atoms with Gasteiger partial charge in [-0.25, -0.2) is 0 Å². The molecule has 0 aromatic heterocycles. The molecule has 0 amide bonds. The average molecular weight is 199 g/mol. The molecule has 3 heteroatoms. The lowest BCUT2D eigenvalue weighted by atomic mass is 10.5. The molecule has 0 rings (SSSR count). The Morgan fingerprint density at radius 3 is 1.79 bits per heavy atom. The van der Waals surface area contributed by atoms with Gasteiger partial charge in [-0.15, -0.1) is 13.2 Å². The average Bonchev–Trinajstić information content (AvgIpc) is 2.19. The van der Waals surface area contributed by atoms with Gasteiger partial charge in [0.05, 0.1) is 26.4 Å². The Kier molecular flexibility index (Phi) is 9.96. The molecule has 0 N–H and O–H groups in total. The van der Waals surface area contributed by atoms with Gasteiger partial charge in [-0.05, 0) is 7.05 Å². The molecule has 0 saturated heterocycles. The van der Waals surface area contributed by atoms with Crippen LogP contribution >= 0.6 is 0 Å². The van der Waals surface area contributed by atoms with E-state index in [1.165, 1.54) is 0 Å². The van der Waals surface area contributed by atoms with Crippen molar-refractivity contribution in [3.05, 3.63) is 25.3 Å². The molecule has 0 heterocycles. The van der Waals surface area contributed by atoms with Crippen molar-refractivity contribution in [3.63, 3.8) is 0 Å². The summed E-state index contributed by atoms with van der Waals surface area (Å²) in [6, 6.07) is 0. The zero-order valence-corrected chi connectivity index (χ0v) is 9.08. The first-order chi connectivity index (χ1) is 6.81. The first-order valence-electron chi connectivity index (χ1n) is 4.87. The SMILES string of the molecule is C=CCOCCN(C)CCOCC=C. The summed E-state index contributed by atoms with van der Waals surface area (Å²) in [5, 5.41) is 0. The van der Waals surface area contributed by atoms with E-state index in [9.17, 15) is 0 Å². The predicted octanol–water partition coefficient (Wildman–Crippen LogP) is 1.32. The van der Waals surface area contributed by atoms with Crippen LogP contribution in [0, 0.1) is 0 Å². The molecule has 0 saturated carbocycles. The normalized spacial score (nSPS) is 10.4. The topological polar surface area (TPSA) is 21.7 Å². The van der Waals surface area contributed by atoms with Crippen LogP contribution in [0.2, 0.25) is 0 Å². The summed E-state index contributed by atoms with van der Waals surface area (Å²) < 4.78 is 10.5. The maximum absolute atomic E-state index is 5.26. The molecule has 0 aliphatic rings. The highest BCUT2D eigenvalue weighted by molar-refractivity contribution is 4.65. The molecule has 0 fully saturated rings. The van der Waals surface area contributed by atoms with Crippen molar-refractivity contribution in [2.45, 2.75) is 0 Å². The molecular weight excluding hydrogens is 178 g/mol. The van der Waals surface area contributed by atoms with E-state index in [4.69, 9.17) is 9.47 Å². The molecule has 82 valence electrons. The van der Waals surface area contributed by atoms with Gasteiger partial charge in [-0.2, -0.15) is 0 Å². The molecule has 0 aliphatic carbocycles. The second-order valence-corrected chi connectivity index (χ2v) is 3.03. The first-order valence-corrected chi connectivity index (χ1v) is 4.87. The molecule has 14 heavy (non-hydrogen) atoms. The molecule has 0 atom stereocenters. The number of ether oxygens (including phenoxy) is 2. The Balaban J connectivity index is 3.14. The highest BCUT2D eigenvalue weighted by Crippen LogP contribution is 1.85. The summed E-state index contributed by atoms with van der Waals surface area (Å²) in [6.07, 6.45) is 3.51. The van der Waals surface area contributed by atoms with Crippen LogP contribution in [0.1, 0.15) is 0 Å². The van der Waals surface area contributed by atoms with Crippen LogP contribution in [0.3, 0.4) is 0 Å². The van der Waals surface area contributed by atoms with Gasteiger partial charge in [-0.1, -0.05) is 12.2 Å². The summed E-state index contributed by atoms with van der Waals surface area (Å²) in [6.45, 7) is 11.7. The smallest absolute Gasteiger partial charge is 0.0645 e. The minimum Gasteiger partial charge on any atom is -0.376 e.